The van der Waals surface area contributed by atoms with E-state index in [0.717, 1.165) is 17.7 Å². The lowest BCUT2D eigenvalue weighted by molar-refractivity contribution is -0.131. The van der Waals surface area contributed by atoms with Gasteiger partial charge in [0.15, 0.2) is 0 Å². The molecule has 0 radical (unpaired) electrons. The highest BCUT2D eigenvalue weighted by atomic mass is 19.1. The highest BCUT2D eigenvalue weighted by Gasteiger charge is 2.22. The molecule has 0 N–H and O–H groups in total. The number of hydrogen-bond donors (Lipinski definition) is 0. The summed E-state index contributed by atoms with van der Waals surface area (Å²) < 4.78 is 18.8. The van der Waals surface area contributed by atoms with Crippen molar-refractivity contribution in [2.75, 3.05) is 32.8 Å². The predicted molar refractivity (Wildman–Crippen MR) is 109 cm³/mol. The van der Waals surface area contributed by atoms with Crippen molar-refractivity contribution in [1.29, 1.82) is 0 Å². The Kier molecular flexibility index (Phi) is 7.22. The summed E-state index contributed by atoms with van der Waals surface area (Å²) in [5.41, 5.74) is 1.55. The summed E-state index contributed by atoms with van der Waals surface area (Å²) >= 11 is 0. The lowest BCUT2D eigenvalue weighted by Gasteiger charge is -2.22. The van der Waals surface area contributed by atoms with Crippen LogP contribution in [0.15, 0.2) is 48.5 Å². The molecule has 0 atom stereocenters. The normalized spacial score (nSPS) is 14.4. The Morgan fingerprint density at radius 1 is 0.966 bits per heavy atom. The molecule has 2 amide bonds. The van der Waals surface area contributed by atoms with Crippen molar-refractivity contribution >= 4 is 11.8 Å². The van der Waals surface area contributed by atoms with Crippen LogP contribution in [0.25, 0.3) is 0 Å². The van der Waals surface area contributed by atoms with Gasteiger partial charge in [-0.05, 0) is 55.7 Å². The number of halogens is 1. The third-order valence-corrected chi connectivity index (χ3v) is 5.11. The number of hydrogen-bond acceptors (Lipinski definition) is 3. The van der Waals surface area contributed by atoms with Gasteiger partial charge in [0.25, 0.3) is 5.91 Å². The molecule has 0 unspecified atom stereocenters. The molecule has 1 aliphatic heterocycles. The zero-order valence-corrected chi connectivity index (χ0v) is 16.8. The Morgan fingerprint density at radius 2 is 1.66 bits per heavy atom. The van der Waals surface area contributed by atoms with Crippen molar-refractivity contribution in [3.8, 4) is 5.75 Å². The van der Waals surface area contributed by atoms with E-state index in [0.29, 0.717) is 51.2 Å². The number of aryl methyl sites for hydroxylation is 1. The van der Waals surface area contributed by atoms with E-state index in [9.17, 15) is 14.0 Å². The van der Waals surface area contributed by atoms with Gasteiger partial charge < -0.3 is 14.5 Å². The number of para-hydroxylation sites is 1. The van der Waals surface area contributed by atoms with E-state index in [-0.39, 0.29) is 17.6 Å². The van der Waals surface area contributed by atoms with Crippen molar-refractivity contribution < 1.29 is 18.7 Å². The van der Waals surface area contributed by atoms with Crippen LogP contribution in [0.2, 0.25) is 0 Å². The van der Waals surface area contributed by atoms with Crippen LogP contribution in [0.3, 0.4) is 0 Å². The number of rotatable bonds is 6. The maximum atomic E-state index is 13.1. The molecule has 5 nitrogen and oxygen atoms in total. The summed E-state index contributed by atoms with van der Waals surface area (Å²) in [5.74, 6) is 0.464. The number of carbonyl (C=O) groups excluding carboxylic acids is 2. The SMILES string of the molecule is Cc1ccccc1OCCCC(=O)N1CCCN(C(=O)c2ccc(F)cc2)CC1. The molecule has 1 heterocycles. The summed E-state index contributed by atoms with van der Waals surface area (Å²) in [5, 5.41) is 0. The maximum Gasteiger partial charge on any atom is 0.253 e. The van der Waals surface area contributed by atoms with Crippen molar-refractivity contribution in [3.05, 3.63) is 65.5 Å². The molecule has 0 spiro atoms. The zero-order valence-electron chi connectivity index (χ0n) is 16.8. The molecule has 0 aliphatic carbocycles. The first kappa shape index (κ1) is 20.8. The maximum absolute atomic E-state index is 13.1. The van der Waals surface area contributed by atoms with Gasteiger partial charge in [-0.1, -0.05) is 18.2 Å². The summed E-state index contributed by atoms with van der Waals surface area (Å²) in [6, 6.07) is 13.4. The second-order valence-electron chi connectivity index (χ2n) is 7.25. The lowest BCUT2D eigenvalue weighted by atomic mass is 10.2. The molecular weight excluding hydrogens is 371 g/mol. The molecule has 0 aromatic heterocycles. The van der Waals surface area contributed by atoms with Gasteiger partial charge in [-0.25, -0.2) is 4.39 Å². The molecule has 1 saturated heterocycles. The van der Waals surface area contributed by atoms with Gasteiger partial charge >= 0.3 is 0 Å². The van der Waals surface area contributed by atoms with Crippen molar-refractivity contribution in [3.63, 3.8) is 0 Å². The zero-order chi connectivity index (χ0) is 20.6. The minimum Gasteiger partial charge on any atom is -0.493 e. The van der Waals surface area contributed by atoms with Gasteiger partial charge in [-0.3, -0.25) is 9.59 Å². The van der Waals surface area contributed by atoms with Gasteiger partial charge in [0.2, 0.25) is 5.91 Å². The molecular formula is C23H27FN2O3. The van der Waals surface area contributed by atoms with E-state index in [1.807, 2.05) is 36.1 Å². The van der Waals surface area contributed by atoms with Crippen molar-refractivity contribution in [2.45, 2.75) is 26.2 Å². The first-order valence-electron chi connectivity index (χ1n) is 10.1. The van der Waals surface area contributed by atoms with Crippen LogP contribution in [-0.2, 0) is 4.79 Å². The Bertz CT molecular complexity index is 838. The van der Waals surface area contributed by atoms with Crippen LogP contribution in [0.5, 0.6) is 5.75 Å². The number of benzene rings is 2. The molecule has 0 saturated carbocycles. The molecule has 29 heavy (non-hydrogen) atoms. The Hall–Kier alpha value is -2.89. The van der Waals surface area contributed by atoms with Crippen LogP contribution in [-0.4, -0.2) is 54.4 Å². The number of amides is 2. The van der Waals surface area contributed by atoms with Crippen molar-refractivity contribution in [1.82, 2.24) is 9.80 Å². The minimum atomic E-state index is -0.361. The van der Waals surface area contributed by atoms with Crippen LogP contribution < -0.4 is 4.74 Å². The van der Waals surface area contributed by atoms with E-state index >= 15 is 0 Å². The van der Waals surface area contributed by atoms with Crippen molar-refractivity contribution in [2.24, 2.45) is 0 Å². The number of nitrogens with zero attached hydrogens (tertiary/aromatic N) is 2. The third-order valence-electron chi connectivity index (χ3n) is 5.11. The van der Waals surface area contributed by atoms with Gasteiger partial charge in [0.05, 0.1) is 6.61 Å². The first-order chi connectivity index (χ1) is 14.0. The second kappa shape index (κ2) is 10.0. The van der Waals surface area contributed by atoms with E-state index in [2.05, 4.69) is 0 Å². The molecule has 6 heteroatoms. The molecule has 2 aromatic carbocycles. The quantitative estimate of drug-likeness (QED) is 0.698. The van der Waals surface area contributed by atoms with Gasteiger partial charge in [-0.2, -0.15) is 0 Å². The highest BCUT2D eigenvalue weighted by molar-refractivity contribution is 5.94. The fourth-order valence-corrected chi connectivity index (χ4v) is 3.43. The molecule has 1 aliphatic rings. The fraction of sp³-hybridized carbons (Fsp3) is 0.391. The first-order valence-corrected chi connectivity index (χ1v) is 10.1. The standard InChI is InChI=1S/C23H27FN2O3/c1-18-6-2-3-7-21(18)29-17-4-8-22(27)25-13-5-14-26(16-15-25)23(28)19-9-11-20(24)12-10-19/h2-3,6-7,9-12H,4-5,8,13-17H2,1H3. The Labute approximate surface area is 171 Å². The molecule has 154 valence electrons. The number of ether oxygens (including phenoxy) is 1. The van der Waals surface area contributed by atoms with E-state index in [1.165, 1.54) is 24.3 Å². The van der Waals surface area contributed by atoms with E-state index in [4.69, 9.17) is 4.74 Å². The molecule has 1 fully saturated rings. The second-order valence-corrected chi connectivity index (χ2v) is 7.25. The van der Waals surface area contributed by atoms with E-state index < -0.39 is 0 Å². The molecule has 2 aromatic rings. The Morgan fingerprint density at radius 3 is 2.41 bits per heavy atom. The van der Waals surface area contributed by atoms with Crippen LogP contribution in [0.1, 0.15) is 35.2 Å². The van der Waals surface area contributed by atoms with Crippen LogP contribution in [0.4, 0.5) is 4.39 Å². The summed E-state index contributed by atoms with van der Waals surface area (Å²) in [4.78, 5) is 28.7. The highest BCUT2D eigenvalue weighted by Crippen LogP contribution is 2.17. The average molecular weight is 398 g/mol. The smallest absolute Gasteiger partial charge is 0.253 e. The average Bonchev–Trinajstić information content (AvgIpc) is 2.99. The van der Waals surface area contributed by atoms with Gasteiger partial charge in [-0.15, -0.1) is 0 Å². The summed E-state index contributed by atoms with van der Waals surface area (Å²) in [6.07, 6.45) is 1.82. The monoisotopic (exact) mass is 398 g/mol. The van der Waals surface area contributed by atoms with Crippen LogP contribution in [0, 0.1) is 12.7 Å². The predicted octanol–water partition coefficient (Wildman–Crippen LogP) is 3.67. The van der Waals surface area contributed by atoms with Gasteiger partial charge in [0.1, 0.15) is 11.6 Å². The number of carbonyl (C=O) groups is 2. The fourth-order valence-electron chi connectivity index (χ4n) is 3.43. The largest absolute Gasteiger partial charge is 0.493 e. The van der Waals surface area contributed by atoms with Crippen LogP contribution >= 0.6 is 0 Å². The topological polar surface area (TPSA) is 49.9 Å². The summed E-state index contributed by atoms with van der Waals surface area (Å²) in [7, 11) is 0. The third kappa shape index (κ3) is 5.79. The molecule has 3 rings (SSSR count). The molecule has 0 bridgehead atoms. The van der Waals surface area contributed by atoms with E-state index in [1.54, 1.807) is 4.90 Å². The minimum absolute atomic E-state index is 0.0921. The summed E-state index contributed by atoms with van der Waals surface area (Å²) in [6.45, 7) is 4.74. The van der Waals surface area contributed by atoms with Gasteiger partial charge in [0, 0.05) is 38.2 Å². The Balaban J connectivity index is 1.43. The lowest BCUT2D eigenvalue weighted by Crippen LogP contribution is -2.37.